The Bertz CT molecular complexity index is 310. The molecular formula is C16H33Cl2N3OS. The van der Waals surface area contributed by atoms with Gasteiger partial charge in [0.05, 0.1) is 0 Å². The van der Waals surface area contributed by atoms with Gasteiger partial charge in [-0.05, 0) is 51.2 Å². The molecule has 2 fully saturated rings. The van der Waals surface area contributed by atoms with Crippen LogP contribution in [0.2, 0.25) is 0 Å². The lowest BCUT2D eigenvalue weighted by molar-refractivity contribution is -0.121. The van der Waals surface area contributed by atoms with E-state index in [1.165, 1.54) is 44.6 Å². The van der Waals surface area contributed by atoms with E-state index in [2.05, 4.69) is 22.5 Å². The Morgan fingerprint density at radius 1 is 1.26 bits per heavy atom. The number of rotatable bonds is 7. The first kappa shape index (κ1) is 23.3. The number of carbonyl (C=O) groups excluding carboxylic acids is 1. The Balaban J connectivity index is 0.00000242. The average molecular weight is 386 g/mol. The fraction of sp³-hybridized carbons (Fsp3) is 0.938. The second-order valence-electron chi connectivity index (χ2n) is 6.51. The molecule has 2 saturated heterocycles. The van der Waals surface area contributed by atoms with Gasteiger partial charge in [0.25, 0.3) is 0 Å². The molecule has 1 atom stereocenters. The van der Waals surface area contributed by atoms with Crippen molar-refractivity contribution >= 4 is 42.5 Å². The van der Waals surface area contributed by atoms with Crippen molar-refractivity contribution in [2.75, 3.05) is 44.2 Å². The van der Waals surface area contributed by atoms with Crippen molar-refractivity contribution in [2.45, 2.75) is 45.1 Å². The van der Waals surface area contributed by atoms with Crippen LogP contribution >= 0.6 is 36.6 Å². The zero-order valence-corrected chi connectivity index (χ0v) is 16.7. The van der Waals surface area contributed by atoms with Gasteiger partial charge in [-0.3, -0.25) is 4.79 Å². The highest BCUT2D eigenvalue weighted by Crippen LogP contribution is 2.16. The van der Waals surface area contributed by atoms with Crippen LogP contribution in [-0.4, -0.2) is 61.1 Å². The van der Waals surface area contributed by atoms with E-state index in [1.807, 2.05) is 11.8 Å². The number of hydrogen-bond donors (Lipinski definition) is 2. The van der Waals surface area contributed by atoms with Crippen molar-refractivity contribution in [3.8, 4) is 0 Å². The minimum atomic E-state index is 0. The SMILES string of the molecule is CC1CCN(CCCCNC(=O)CC2CSCCN2)CC1.Cl.Cl. The molecule has 2 aliphatic rings. The molecule has 0 aliphatic carbocycles. The number of likely N-dealkylation sites (tertiary alicyclic amines) is 1. The van der Waals surface area contributed by atoms with Crippen molar-refractivity contribution in [1.82, 2.24) is 15.5 Å². The molecule has 138 valence electrons. The molecule has 2 rings (SSSR count). The predicted molar refractivity (Wildman–Crippen MR) is 105 cm³/mol. The Morgan fingerprint density at radius 2 is 2.00 bits per heavy atom. The molecule has 23 heavy (non-hydrogen) atoms. The fourth-order valence-electron chi connectivity index (χ4n) is 3.02. The largest absolute Gasteiger partial charge is 0.356 e. The number of halogens is 2. The molecule has 0 aromatic carbocycles. The highest BCUT2D eigenvalue weighted by Gasteiger charge is 2.17. The van der Waals surface area contributed by atoms with Crippen molar-refractivity contribution in [3.63, 3.8) is 0 Å². The second kappa shape index (κ2) is 13.6. The minimum Gasteiger partial charge on any atom is -0.356 e. The Hall–Kier alpha value is 0.320. The number of piperidine rings is 1. The zero-order chi connectivity index (χ0) is 14.9. The summed E-state index contributed by atoms with van der Waals surface area (Å²) in [5, 5.41) is 6.48. The minimum absolute atomic E-state index is 0. The van der Waals surface area contributed by atoms with E-state index in [9.17, 15) is 4.79 Å². The van der Waals surface area contributed by atoms with Gasteiger partial charge in [-0.1, -0.05) is 6.92 Å². The van der Waals surface area contributed by atoms with Gasteiger partial charge in [0.15, 0.2) is 0 Å². The third kappa shape index (κ3) is 10.0. The van der Waals surface area contributed by atoms with Crippen LogP contribution in [0.15, 0.2) is 0 Å². The summed E-state index contributed by atoms with van der Waals surface area (Å²) in [6.45, 7) is 7.95. The first-order valence-electron chi connectivity index (χ1n) is 8.54. The summed E-state index contributed by atoms with van der Waals surface area (Å²) in [5.41, 5.74) is 0. The van der Waals surface area contributed by atoms with E-state index in [-0.39, 0.29) is 30.7 Å². The summed E-state index contributed by atoms with van der Waals surface area (Å²) in [7, 11) is 0. The highest BCUT2D eigenvalue weighted by molar-refractivity contribution is 7.99. The van der Waals surface area contributed by atoms with E-state index in [0.29, 0.717) is 12.5 Å². The first-order chi connectivity index (χ1) is 10.2. The van der Waals surface area contributed by atoms with Crippen LogP contribution in [0.5, 0.6) is 0 Å². The van der Waals surface area contributed by atoms with Gasteiger partial charge in [-0.15, -0.1) is 24.8 Å². The Morgan fingerprint density at radius 3 is 2.65 bits per heavy atom. The summed E-state index contributed by atoms with van der Waals surface area (Å²) in [4.78, 5) is 14.4. The molecule has 0 aromatic heterocycles. The van der Waals surface area contributed by atoms with Gasteiger partial charge in [0, 0.05) is 37.1 Å². The van der Waals surface area contributed by atoms with E-state index in [1.54, 1.807) is 0 Å². The number of unbranched alkanes of at least 4 members (excludes halogenated alkanes) is 1. The molecular weight excluding hydrogens is 353 g/mol. The maximum atomic E-state index is 11.8. The summed E-state index contributed by atoms with van der Waals surface area (Å²) in [6.07, 6.45) is 5.64. The first-order valence-corrected chi connectivity index (χ1v) is 9.69. The summed E-state index contributed by atoms with van der Waals surface area (Å²) in [6, 6.07) is 0.374. The molecule has 4 nitrogen and oxygen atoms in total. The van der Waals surface area contributed by atoms with Crippen LogP contribution in [0, 0.1) is 5.92 Å². The molecule has 0 saturated carbocycles. The van der Waals surface area contributed by atoms with Gasteiger partial charge in [-0.2, -0.15) is 11.8 Å². The van der Waals surface area contributed by atoms with Crippen molar-refractivity contribution in [2.24, 2.45) is 5.92 Å². The van der Waals surface area contributed by atoms with Crippen molar-refractivity contribution in [3.05, 3.63) is 0 Å². The standard InChI is InChI=1S/C16H31N3OS.2ClH/c1-14-4-9-19(10-5-14)8-3-2-6-18-16(20)12-15-13-21-11-7-17-15;;/h14-15,17H,2-13H2,1H3,(H,18,20);2*1H. The van der Waals surface area contributed by atoms with Crippen LogP contribution in [0.3, 0.4) is 0 Å². The molecule has 2 N–H and O–H groups in total. The lowest BCUT2D eigenvalue weighted by atomic mass is 9.99. The number of nitrogens with zero attached hydrogens (tertiary/aromatic N) is 1. The third-order valence-corrected chi connectivity index (χ3v) is 5.66. The van der Waals surface area contributed by atoms with E-state index in [4.69, 9.17) is 0 Å². The second-order valence-corrected chi connectivity index (χ2v) is 7.66. The molecule has 1 unspecified atom stereocenters. The number of thioether (sulfide) groups is 1. The van der Waals surface area contributed by atoms with Crippen LogP contribution in [-0.2, 0) is 4.79 Å². The van der Waals surface area contributed by atoms with E-state index in [0.717, 1.165) is 31.2 Å². The van der Waals surface area contributed by atoms with Gasteiger partial charge in [-0.25, -0.2) is 0 Å². The monoisotopic (exact) mass is 385 g/mol. The molecule has 7 heteroatoms. The van der Waals surface area contributed by atoms with Crippen molar-refractivity contribution in [1.29, 1.82) is 0 Å². The van der Waals surface area contributed by atoms with Gasteiger partial charge in [0.2, 0.25) is 5.91 Å². The lowest BCUT2D eigenvalue weighted by Gasteiger charge is -2.30. The normalized spacial score (nSPS) is 22.7. The van der Waals surface area contributed by atoms with Gasteiger partial charge >= 0.3 is 0 Å². The van der Waals surface area contributed by atoms with E-state index >= 15 is 0 Å². The number of hydrogen-bond acceptors (Lipinski definition) is 4. The van der Waals surface area contributed by atoms with Gasteiger partial charge < -0.3 is 15.5 Å². The number of carbonyl (C=O) groups is 1. The average Bonchev–Trinajstić information content (AvgIpc) is 2.50. The molecule has 1 amide bonds. The Labute approximate surface area is 158 Å². The van der Waals surface area contributed by atoms with Crippen LogP contribution in [0.1, 0.15) is 39.0 Å². The molecule has 0 spiro atoms. The lowest BCUT2D eigenvalue weighted by Crippen LogP contribution is -2.41. The molecule has 0 bridgehead atoms. The highest BCUT2D eigenvalue weighted by atomic mass is 35.5. The summed E-state index contributed by atoms with van der Waals surface area (Å²) < 4.78 is 0. The molecule has 2 heterocycles. The van der Waals surface area contributed by atoms with Gasteiger partial charge in [0.1, 0.15) is 0 Å². The maximum absolute atomic E-state index is 11.8. The van der Waals surface area contributed by atoms with Crippen LogP contribution < -0.4 is 10.6 Å². The van der Waals surface area contributed by atoms with E-state index < -0.39 is 0 Å². The Kier molecular flexibility index (Phi) is 13.8. The number of nitrogens with one attached hydrogen (secondary N) is 2. The molecule has 0 radical (unpaired) electrons. The maximum Gasteiger partial charge on any atom is 0.221 e. The van der Waals surface area contributed by atoms with Crippen molar-refractivity contribution < 1.29 is 4.79 Å². The van der Waals surface area contributed by atoms with Crippen LogP contribution in [0.25, 0.3) is 0 Å². The molecule has 2 aliphatic heterocycles. The quantitative estimate of drug-likeness (QED) is 0.660. The fourth-order valence-corrected chi connectivity index (χ4v) is 3.97. The third-order valence-electron chi connectivity index (χ3n) is 4.53. The number of amides is 1. The van der Waals surface area contributed by atoms with Crippen LogP contribution in [0.4, 0.5) is 0 Å². The summed E-state index contributed by atoms with van der Waals surface area (Å²) in [5.74, 6) is 3.36. The topological polar surface area (TPSA) is 44.4 Å². The zero-order valence-electron chi connectivity index (χ0n) is 14.2. The smallest absolute Gasteiger partial charge is 0.221 e. The summed E-state index contributed by atoms with van der Waals surface area (Å²) >= 11 is 1.94. The molecule has 0 aromatic rings. The predicted octanol–water partition coefficient (Wildman–Crippen LogP) is 2.55.